The SMILES string of the molecule is CSc1nc(O[C@@H]2CCCNC2)cc(O[C@H]2CCCNC2)n1. The number of hydrogen-bond acceptors (Lipinski definition) is 7. The number of hydrogen-bond donors (Lipinski definition) is 2. The fourth-order valence-corrected chi connectivity index (χ4v) is 3.14. The lowest BCUT2D eigenvalue weighted by molar-refractivity contribution is 0.146. The fourth-order valence-electron chi connectivity index (χ4n) is 2.78. The summed E-state index contributed by atoms with van der Waals surface area (Å²) >= 11 is 1.51. The zero-order chi connectivity index (χ0) is 15.2. The Balaban J connectivity index is 1.67. The summed E-state index contributed by atoms with van der Waals surface area (Å²) in [5, 5.41) is 7.40. The Morgan fingerprint density at radius 1 is 1.00 bits per heavy atom. The van der Waals surface area contributed by atoms with Gasteiger partial charge in [0.2, 0.25) is 11.8 Å². The number of nitrogens with zero attached hydrogens (tertiary/aromatic N) is 2. The highest BCUT2D eigenvalue weighted by atomic mass is 32.2. The second-order valence-corrected chi connectivity index (χ2v) is 6.48. The first-order valence-corrected chi connectivity index (χ1v) is 9.24. The average Bonchev–Trinajstić information content (AvgIpc) is 2.56. The summed E-state index contributed by atoms with van der Waals surface area (Å²) in [6.07, 6.45) is 6.74. The van der Waals surface area contributed by atoms with Crippen LogP contribution in [0.25, 0.3) is 0 Å². The van der Waals surface area contributed by atoms with Crippen molar-refractivity contribution >= 4 is 11.8 Å². The summed E-state index contributed by atoms with van der Waals surface area (Å²) in [5.74, 6) is 1.23. The van der Waals surface area contributed by atoms with Crippen LogP contribution in [-0.4, -0.2) is 54.6 Å². The van der Waals surface area contributed by atoms with Gasteiger partial charge in [0.15, 0.2) is 5.16 Å². The largest absolute Gasteiger partial charge is 0.473 e. The molecule has 2 aliphatic heterocycles. The molecule has 2 fully saturated rings. The van der Waals surface area contributed by atoms with Crippen LogP contribution in [0.2, 0.25) is 0 Å². The van der Waals surface area contributed by atoms with E-state index in [0.29, 0.717) is 16.9 Å². The summed E-state index contributed by atoms with van der Waals surface area (Å²) in [5.41, 5.74) is 0. The predicted octanol–water partition coefficient (Wildman–Crippen LogP) is 1.46. The van der Waals surface area contributed by atoms with Gasteiger partial charge in [-0.1, -0.05) is 11.8 Å². The standard InChI is InChI=1S/C15H24N4O2S/c1-22-15-18-13(20-11-4-2-6-16-9-11)8-14(19-15)21-12-5-3-7-17-10-12/h8,11-12,16-17H,2-7,9-10H2,1H3/t11-,12+. The molecule has 0 spiro atoms. The van der Waals surface area contributed by atoms with Crippen LogP contribution >= 0.6 is 11.8 Å². The van der Waals surface area contributed by atoms with E-state index in [1.54, 1.807) is 0 Å². The molecule has 6 nitrogen and oxygen atoms in total. The van der Waals surface area contributed by atoms with Gasteiger partial charge in [-0.25, -0.2) is 0 Å². The molecule has 122 valence electrons. The van der Waals surface area contributed by atoms with Crippen molar-refractivity contribution in [3.8, 4) is 11.8 Å². The minimum absolute atomic E-state index is 0.183. The fraction of sp³-hybridized carbons (Fsp3) is 0.733. The van der Waals surface area contributed by atoms with Gasteiger partial charge in [0.1, 0.15) is 12.2 Å². The molecule has 2 aliphatic rings. The van der Waals surface area contributed by atoms with Crippen LogP contribution in [0, 0.1) is 0 Å². The van der Waals surface area contributed by atoms with Gasteiger partial charge in [0.05, 0.1) is 6.07 Å². The number of rotatable bonds is 5. The molecule has 1 aromatic rings. The molecule has 2 atom stereocenters. The van der Waals surface area contributed by atoms with Crippen LogP contribution in [0.5, 0.6) is 11.8 Å². The molecule has 0 radical (unpaired) electrons. The Kier molecular flexibility index (Phi) is 5.75. The zero-order valence-electron chi connectivity index (χ0n) is 13.0. The maximum absolute atomic E-state index is 6.01. The van der Waals surface area contributed by atoms with E-state index in [0.717, 1.165) is 51.9 Å². The van der Waals surface area contributed by atoms with Crippen LogP contribution in [0.4, 0.5) is 0 Å². The van der Waals surface area contributed by atoms with Crippen LogP contribution in [-0.2, 0) is 0 Å². The van der Waals surface area contributed by atoms with Gasteiger partial charge >= 0.3 is 0 Å². The van der Waals surface area contributed by atoms with E-state index in [1.807, 2.05) is 12.3 Å². The van der Waals surface area contributed by atoms with Crippen molar-refractivity contribution in [1.29, 1.82) is 0 Å². The zero-order valence-corrected chi connectivity index (χ0v) is 13.8. The van der Waals surface area contributed by atoms with Gasteiger partial charge in [-0.3, -0.25) is 0 Å². The van der Waals surface area contributed by atoms with E-state index in [9.17, 15) is 0 Å². The van der Waals surface area contributed by atoms with E-state index >= 15 is 0 Å². The first-order chi connectivity index (χ1) is 10.8. The highest BCUT2D eigenvalue weighted by Gasteiger charge is 2.19. The number of ether oxygens (including phenoxy) is 2. The molecule has 0 amide bonds. The van der Waals surface area contributed by atoms with E-state index in [1.165, 1.54) is 11.8 Å². The molecule has 2 saturated heterocycles. The first kappa shape index (κ1) is 15.8. The van der Waals surface area contributed by atoms with Crippen LogP contribution < -0.4 is 20.1 Å². The molecule has 7 heteroatoms. The van der Waals surface area contributed by atoms with Crippen molar-refractivity contribution in [3.05, 3.63) is 6.07 Å². The molecule has 0 bridgehead atoms. The third kappa shape index (κ3) is 4.47. The van der Waals surface area contributed by atoms with E-state index in [4.69, 9.17) is 9.47 Å². The normalized spacial score (nSPS) is 25.7. The molecule has 0 aromatic carbocycles. The van der Waals surface area contributed by atoms with E-state index < -0.39 is 0 Å². The lowest BCUT2D eigenvalue weighted by Crippen LogP contribution is -2.38. The van der Waals surface area contributed by atoms with Crippen molar-refractivity contribution in [2.75, 3.05) is 32.4 Å². The Labute approximate surface area is 135 Å². The monoisotopic (exact) mass is 324 g/mol. The van der Waals surface area contributed by atoms with Gasteiger partial charge in [0.25, 0.3) is 0 Å². The quantitative estimate of drug-likeness (QED) is 0.628. The molecule has 3 heterocycles. The van der Waals surface area contributed by atoms with E-state index in [2.05, 4.69) is 20.6 Å². The first-order valence-electron chi connectivity index (χ1n) is 8.01. The lowest BCUT2D eigenvalue weighted by Gasteiger charge is -2.25. The van der Waals surface area contributed by atoms with Crippen LogP contribution in [0.3, 0.4) is 0 Å². The van der Waals surface area contributed by atoms with Crippen LogP contribution in [0.15, 0.2) is 11.2 Å². The lowest BCUT2D eigenvalue weighted by atomic mass is 10.1. The van der Waals surface area contributed by atoms with Gasteiger partial charge in [-0.15, -0.1) is 0 Å². The average molecular weight is 324 g/mol. The number of aromatic nitrogens is 2. The molecular weight excluding hydrogens is 300 g/mol. The van der Waals surface area contributed by atoms with Gasteiger partial charge < -0.3 is 20.1 Å². The maximum atomic E-state index is 6.01. The van der Waals surface area contributed by atoms with Crippen molar-refractivity contribution < 1.29 is 9.47 Å². The summed E-state index contributed by atoms with van der Waals surface area (Å²) < 4.78 is 12.0. The van der Waals surface area contributed by atoms with Crippen molar-refractivity contribution in [1.82, 2.24) is 20.6 Å². The third-order valence-corrected chi connectivity index (χ3v) is 4.47. The van der Waals surface area contributed by atoms with Gasteiger partial charge in [0, 0.05) is 13.1 Å². The molecule has 3 rings (SSSR count). The number of piperidine rings is 2. The Bertz CT molecular complexity index is 438. The molecule has 0 saturated carbocycles. The Morgan fingerprint density at radius 3 is 1.95 bits per heavy atom. The molecule has 2 N–H and O–H groups in total. The third-order valence-electron chi connectivity index (χ3n) is 3.92. The van der Waals surface area contributed by atoms with Gasteiger partial charge in [-0.05, 0) is 45.0 Å². The number of nitrogens with one attached hydrogen (secondary N) is 2. The van der Waals surface area contributed by atoms with Crippen molar-refractivity contribution in [3.63, 3.8) is 0 Å². The molecule has 1 aromatic heterocycles. The second-order valence-electron chi connectivity index (χ2n) is 5.70. The number of thioether (sulfide) groups is 1. The summed E-state index contributed by atoms with van der Waals surface area (Å²) in [6, 6.07) is 1.82. The summed E-state index contributed by atoms with van der Waals surface area (Å²) in [4.78, 5) is 8.89. The summed E-state index contributed by atoms with van der Waals surface area (Å²) in [7, 11) is 0. The smallest absolute Gasteiger partial charge is 0.221 e. The molecule has 22 heavy (non-hydrogen) atoms. The van der Waals surface area contributed by atoms with Crippen molar-refractivity contribution in [2.45, 2.75) is 43.0 Å². The maximum Gasteiger partial charge on any atom is 0.221 e. The van der Waals surface area contributed by atoms with Crippen LogP contribution in [0.1, 0.15) is 25.7 Å². The molecule has 0 unspecified atom stereocenters. The highest BCUT2D eigenvalue weighted by Crippen LogP contribution is 2.24. The highest BCUT2D eigenvalue weighted by molar-refractivity contribution is 7.98. The molecule has 0 aliphatic carbocycles. The Morgan fingerprint density at radius 2 is 1.55 bits per heavy atom. The minimum atomic E-state index is 0.183. The second kappa shape index (κ2) is 7.99. The minimum Gasteiger partial charge on any atom is -0.473 e. The van der Waals surface area contributed by atoms with Gasteiger partial charge in [-0.2, -0.15) is 9.97 Å². The Hall–Kier alpha value is -1.05. The molecular formula is C15H24N4O2S. The predicted molar refractivity (Wildman–Crippen MR) is 86.9 cm³/mol. The van der Waals surface area contributed by atoms with Crippen molar-refractivity contribution in [2.24, 2.45) is 0 Å². The topological polar surface area (TPSA) is 68.3 Å². The van der Waals surface area contributed by atoms with E-state index in [-0.39, 0.29) is 12.2 Å². The summed E-state index contributed by atoms with van der Waals surface area (Å²) in [6.45, 7) is 3.90.